The minimum Gasteiger partial charge on any atom is -0.298 e. The Morgan fingerprint density at radius 3 is 2.28 bits per heavy atom. The maximum atomic E-state index is 13.1. The fraction of sp³-hybridized carbons (Fsp3) is 0.300. The van der Waals surface area contributed by atoms with E-state index in [-0.39, 0.29) is 29.8 Å². The van der Waals surface area contributed by atoms with Gasteiger partial charge < -0.3 is 0 Å². The number of rotatable bonds is 3. The van der Waals surface area contributed by atoms with E-state index in [1.165, 1.54) is 5.01 Å². The lowest BCUT2D eigenvalue weighted by Gasteiger charge is -2.35. The zero-order chi connectivity index (χ0) is 17.4. The molecule has 1 amide bonds. The number of carbonyl (C=O) groups is 2. The molecule has 0 saturated carbocycles. The molecule has 2 aromatic rings. The number of hydrogen-bond donors (Lipinski definition) is 2. The molecule has 128 valence electrons. The van der Waals surface area contributed by atoms with E-state index in [1.807, 2.05) is 67.6 Å². The van der Waals surface area contributed by atoms with Crippen LogP contribution in [-0.2, 0) is 16.0 Å². The van der Waals surface area contributed by atoms with Crippen LogP contribution in [-0.4, -0.2) is 23.9 Å². The molecule has 2 aromatic carbocycles. The first-order chi connectivity index (χ1) is 12.1. The Labute approximate surface area is 147 Å². The Bertz CT molecular complexity index is 778. The van der Waals surface area contributed by atoms with E-state index in [0.29, 0.717) is 6.42 Å². The van der Waals surface area contributed by atoms with Gasteiger partial charge in [-0.3, -0.25) is 14.9 Å². The van der Waals surface area contributed by atoms with Gasteiger partial charge in [0.15, 0.2) is 5.78 Å². The first-order valence-corrected chi connectivity index (χ1v) is 8.64. The summed E-state index contributed by atoms with van der Waals surface area (Å²) in [5.74, 6) is -1.04. The molecule has 2 heterocycles. The molecule has 2 aliphatic rings. The lowest BCUT2D eigenvalue weighted by atomic mass is 9.79. The van der Waals surface area contributed by atoms with Crippen LogP contribution >= 0.6 is 0 Å². The van der Waals surface area contributed by atoms with E-state index >= 15 is 0 Å². The number of Topliss-reactive ketones (excluding diaryl/α,β-unsaturated/α-hetero) is 1. The summed E-state index contributed by atoms with van der Waals surface area (Å²) in [6.45, 7) is 2.01. The van der Waals surface area contributed by atoms with Gasteiger partial charge in [-0.15, -0.1) is 0 Å². The standard InChI is InChI=1S/C20H21N3O2/c1-13-16(12-14-8-4-2-5-9-14)18(24)17-19(21-13)22-23(20(17)25)15-10-6-3-7-11-15/h2-11,13,16-17,19,21-22H,12H2,1H3. The third kappa shape index (κ3) is 2.86. The minimum absolute atomic E-state index is 0.00461. The van der Waals surface area contributed by atoms with Gasteiger partial charge in [0.05, 0.1) is 11.9 Å². The molecule has 2 saturated heterocycles. The number of ketones is 1. The normalized spacial score (nSPS) is 28.9. The summed E-state index contributed by atoms with van der Waals surface area (Å²) in [5, 5.41) is 4.91. The summed E-state index contributed by atoms with van der Waals surface area (Å²) in [6, 6.07) is 19.3. The molecule has 0 aliphatic carbocycles. The second-order valence-electron chi connectivity index (χ2n) is 6.75. The highest BCUT2D eigenvalue weighted by molar-refractivity contribution is 6.11. The minimum atomic E-state index is -0.676. The number of fused-ring (bicyclic) bond motifs is 1. The SMILES string of the molecule is CC1NC2NN(c3ccccc3)C(=O)C2C(=O)C1Cc1ccccc1. The first kappa shape index (κ1) is 16.0. The highest BCUT2D eigenvalue weighted by Gasteiger charge is 2.52. The topological polar surface area (TPSA) is 61.4 Å². The van der Waals surface area contributed by atoms with Crippen LogP contribution in [0.4, 0.5) is 5.69 Å². The molecule has 5 heteroatoms. The number of benzene rings is 2. The molecule has 0 radical (unpaired) electrons. The molecule has 0 spiro atoms. The van der Waals surface area contributed by atoms with Gasteiger partial charge in [0.2, 0.25) is 0 Å². The maximum absolute atomic E-state index is 13.1. The van der Waals surface area contributed by atoms with Crippen molar-refractivity contribution in [3.63, 3.8) is 0 Å². The predicted octanol–water partition coefficient (Wildman–Crippen LogP) is 1.90. The Morgan fingerprint density at radius 2 is 1.60 bits per heavy atom. The van der Waals surface area contributed by atoms with E-state index in [9.17, 15) is 9.59 Å². The number of nitrogens with one attached hydrogen (secondary N) is 2. The fourth-order valence-electron chi connectivity index (χ4n) is 3.78. The summed E-state index contributed by atoms with van der Waals surface area (Å²) in [5.41, 5.74) is 5.03. The highest BCUT2D eigenvalue weighted by atomic mass is 16.2. The van der Waals surface area contributed by atoms with Gasteiger partial charge >= 0.3 is 0 Å². The smallest absolute Gasteiger partial charge is 0.255 e. The summed E-state index contributed by atoms with van der Waals surface area (Å²) in [7, 11) is 0. The van der Waals surface area contributed by atoms with E-state index in [1.54, 1.807) is 0 Å². The van der Waals surface area contributed by atoms with Crippen LogP contribution in [0, 0.1) is 11.8 Å². The van der Waals surface area contributed by atoms with Crippen molar-refractivity contribution < 1.29 is 9.59 Å². The van der Waals surface area contributed by atoms with Crippen LogP contribution in [0.15, 0.2) is 60.7 Å². The van der Waals surface area contributed by atoms with Crippen LogP contribution in [0.25, 0.3) is 0 Å². The monoisotopic (exact) mass is 335 g/mol. The van der Waals surface area contributed by atoms with Crippen LogP contribution in [0.2, 0.25) is 0 Å². The molecule has 4 unspecified atom stereocenters. The number of piperidine rings is 1. The predicted molar refractivity (Wildman–Crippen MR) is 95.6 cm³/mol. The third-order valence-corrected chi connectivity index (χ3v) is 5.12. The van der Waals surface area contributed by atoms with Crippen molar-refractivity contribution in [2.45, 2.75) is 25.6 Å². The molecule has 4 atom stereocenters. The number of hydrazine groups is 1. The second kappa shape index (κ2) is 6.43. The van der Waals surface area contributed by atoms with Gasteiger partial charge in [-0.05, 0) is 31.0 Å². The third-order valence-electron chi connectivity index (χ3n) is 5.12. The van der Waals surface area contributed by atoms with Gasteiger partial charge in [-0.2, -0.15) is 0 Å². The Balaban J connectivity index is 1.57. The van der Waals surface area contributed by atoms with Crippen molar-refractivity contribution in [3.8, 4) is 0 Å². The van der Waals surface area contributed by atoms with E-state index < -0.39 is 5.92 Å². The lowest BCUT2D eigenvalue weighted by molar-refractivity contribution is -0.136. The molecular formula is C20H21N3O2. The van der Waals surface area contributed by atoms with E-state index in [2.05, 4.69) is 10.7 Å². The molecule has 0 bridgehead atoms. The van der Waals surface area contributed by atoms with Crippen molar-refractivity contribution >= 4 is 17.4 Å². The number of hydrogen-bond acceptors (Lipinski definition) is 4. The maximum Gasteiger partial charge on any atom is 0.255 e. The Morgan fingerprint density at radius 1 is 0.960 bits per heavy atom. The molecule has 25 heavy (non-hydrogen) atoms. The summed E-state index contributed by atoms with van der Waals surface area (Å²) in [4.78, 5) is 25.9. The van der Waals surface area contributed by atoms with E-state index in [4.69, 9.17) is 0 Å². The van der Waals surface area contributed by atoms with Gasteiger partial charge in [0, 0.05) is 12.0 Å². The number of para-hydroxylation sites is 1. The van der Waals surface area contributed by atoms with Gasteiger partial charge in [-0.1, -0.05) is 48.5 Å². The molecule has 4 rings (SSSR count). The molecule has 2 fully saturated rings. The Hall–Kier alpha value is -2.50. The zero-order valence-electron chi connectivity index (χ0n) is 14.1. The van der Waals surface area contributed by atoms with E-state index in [0.717, 1.165) is 11.3 Å². The van der Waals surface area contributed by atoms with Gasteiger partial charge in [-0.25, -0.2) is 10.4 Å². The number of carbonyl (C=O) groups excluding carboxylic acids is 2. The van der Waals surface area contributed by atoms with Crippen molar-refractivity contribution in [1.29, 1.82) is 0 Å². The van der Waals surface area contributed by atoms with Gasteiger partial charge in [0.1, 0.15) is 5.92 Å². The second-order valence-corrected chi connectivity index (χ2v) is 6.75. The number of anilines is 1. The van der Waals surface area contributed by atoms with Crippen LogP contribution in [0.1, 0.15) is 12.5 Å². The molecule has 0 aromatic heterocycles. The molecule has 2 N–H and O–H groups in total. The Kier molecular flexibility index (Phi) is 4.11. The molecule has 2 aliphatic heterocycles. The quantitative estimate of drug-likeness (QED) is 0.841. The van der Waals surface area contributed by atoms with Crippen molar-refractivity contribution in [3.05, 3.63) is 66.2 Å². The average Bonchev–Trinajstić information content (AvgIpc) is 2.96. The van der Waals surface area contributed by atoms with Crippen LogP contribution < -0.4 is 15.8 Å². The van der Waals surface area contributed by atoms with Crippen LogP contribution in [0.5, 0.6) is 0 Å². The summed E-state index contributed by atoms with van der Waals surface area (Å²) >= 11 is 0. The molecular weight excluding hydrogens is 314 g/mol. The van der Waals surface area contributed by atoms with Crippen molar-refractivity contribution in [2.24, 2.45) is 11.8 Å². The summed E-state index contributed by atoms with van der Waals surface area (Å²) < 4.78 is 0. The number of amides is 1. The van der Waals surface area contributed by atoms with Crippen LogP contribution in [0.3, 0.4) is 0 Å². The molecule has 5 nitrogen and oxygen atoms in total. The largest absolute Gasteiger partial charge is 0.298 e. The number of nitrogens with zero attached hydrogens (tertiary/aromatic N) is 1. The van der Waals surface area contributed by atoms with Crippen molar-refractivity contribution in [1.82, 2.24) is 10.7 Å². The first-order valence-electron chi connectivity index (χ1n) is 8.64. The summed E-state index contributed by atoms with van der Waals surface area (Å²) in [6.07, 6.45) is 0.303. The zero-order valence-corrected chi connectivity index (χ0v) is 14.1. The lowest BCUT2D eigenvalue weighted by Crippen LogP contribution is -2.59. The van der Waals surface area contributed by atoms with Gasteiger partial charge in [0.25, 0.3) is 5.91 Å². The van der Waals surface area contributed by atoms with Crippen molar-refractivity contribution in [2.75, 3.05) is 5.01 Å². The average molecular weight is 335 g/mol. The highest BCUT2D eigenvalue weighted by Crippen LogP contribution is 2.31. The fourth-order valence-corrected chi connectivity index (χ4v) is 3.78.